The number of esters is 1. The predicted molar refractivity (Wildman–Crippen MR) is 98.1 cm³/mol. The lowest BCUT2D eigenvalue weighted by molar-refractivity contribution is 0.0461. The van der Waals surface area contributed by atoms with E-state index in [9.17, 15) is 9.59 Å². The molecule has 0 aliphatic heterocycles. The minimum Gasteiger partial charge on any atom is -0.490 e. The van der Waals surface area contributed by atoms with Crippen LogP contribution in [0.15, 0.2) is 34.4 Å². The topological polar surface area (TPSA) is 90.5 Å². The van der Waals surface area contributed by atoms with E-state index < -0.39 is 5.97 Å². The maximum absolute atomic E-state index is 12.3. The van der Waals surface area contributed by atoms with E-state index in [-0.39, 0.29) is 12.2 Å². The van der Waals surface area contributed by atoms with Gasteiger partial charge in [-0.1, -0.05) is 0 Å². The summed E-state index contributed by atoms with van der Waals surface area (Å²) in [4.78, 5) is 31.1. The number of aromatic nitrogens is 2. The Morgan fingerprint density at radius 2 is 1.92 bits per heavy atom. The van der Waals surface area contributed by atoms with Gasteiger partial charge in [-0.25, -0.2) is 9.78 Å². The third-order valence-corrected chi connectivity index (χ3v) is 4.39. The molecule has 3 rings (SSSR count). The van der Waals surface area contributed by atoms with Crippen LogP contribution >= 0.6 is 11.3 Å². The van der Waals surface area contributed by atoms with Crippen LogP contribution in [0.3, 0.4) is 0 Å². The van der Waals surface area contributed by atoms with Crippen molar-refractivity contribution < 1.29 is 19.0 Å². The van der Waals surface area contributed by atoms with Crippen LogP contribution in [0.4, 0.5) is 0 Å². The first kappa shape index (κ1) is 17.9. The summed E-state index contributed by atoms with van der Waals surface area (Å²) in [5.41, 5.74) is 0.677. The molecule has 0 spiro atoms. The van der Waals surface area contributed by atoms with Crippen molar-refractivity contribution in [3.05, 3.63) is 51.4 Å². The van der Waals surface area contributed by atoms with Gasteiger partial charge in [-0.2, -0.15) is 0 Å². The average Bonchev–Trinajstić information content (AvgIpc) is 3.11. The van der Waals surface area contributed by atoms with Crippen LogP contribution in [0.25, 0.3) is 10.2 Å². The second-order valence-electron chi connectivity index (χ2n) is 5.25. The normalized spacial score (nSPS) is 10.7. The zero-order valence-electron chi connectivity index (χ0n) is 14.4. The minimum atomic E-state index is -0.540. The van der Waals surface area contributed by atoms with Crippen LogP contribution in [0.2, 0.25) is 0 Å². The highest BCUT2D eigenvalue weighted by Gasteiger charge is 2.14. The lowest BCUT2D eigenvalue weighted by Gasteiger charge is -2.12. The molecule has 0 saturated carbocycles. The van der Waals surface area contributed by atoms with Crippen molar-refractivity contribution in [3.8, 4) is 11.5 Å². The molecule has 0 atom stereocenters. The third-order valence-electron chi connectivity index (χ3n) is 3.48. The molecule has 3 aromatic rings. The molecule has 1 N–H and O–H groups in total. The number of thiophene rings is 1. The van der Waals surface area contributed by atoms with Gasteiger partial charge in [0.15, 0.2) is 11.5 Å². The fraction of sp³-hybridized carbons (Fsp3) is 0.278. The Balaban J connectivity index is 1.74. The zero-order valence-corrected chi connectivity index (χ0v) is 15.2. The number of carbonyl (C=O) groups excluding carboxylic acids is 1. The van der Waals surface area contributed by atoms with Gasteiger partial charge in [0.2, 0.25) is 0 Å². The SMILES string of the molecule is CCOc1ccc(C(=O)OCc2nc3ccsc3c(=O)[nH]2)cc1OCC. The van der Waals surface area contributed by atoms with E-state index in [0.717, 1.165) is 0 Å². The van der Waals surface area contributed by atoms with Crippen LogP contribution in [-0.2, 0) is 11.3 Å². The van der Waals surface area contributed by atoms with Crippen molar-refractivity contribution in [1.29, 1.82) is 0 Å². The highest BCUT2D eigenvalue weighted by molar-refractivity contribution is 7.17. The van der Waals surface area contributed by atoms with Gasteiger partial charge in [-0.05, 0) is 43.5 Å². The fourth-order valence-electron chi connectivity index (χ4n) is 2.39. The summed E-state index contributed by atoms with van der Waals surface area (Å²) in [6.07, 6.45) is 0. The molecule has 0 amide bonds. The number of fused-ring (bicyclic) bond motifs is 1. The van der Waals surface area contributed by atoms with Crippen molar-refractivity contribution in [2.75, 3.05) is 13.2 Å². The molecular formula is C18H18N2O5S. The zero-order chi connectivity index (χ0) is 18.5. The van der Waals surface area contributed by atoms with E-state index in [1.165, 1.54) is 11.3 Å². The molecule has 0 fully saturated rings. The van der Waals surface area contributed by atoms with Gasteiger partial charge in [0.1, 0.15) is 17.1 Å². The molecule has 2 heterocycles. The Kier molecular flexibility index (Phi) is 5.52. The Morgan fingerprint density at radius 3 is 2.69 bits per heavy atom. The number of nitrogens with one attached hydrogen (secondary N) is 1. The van der Waals surface area contributed by atoms with Crippen LogP contribution in [0.1, 0.15) is 30.0 Å². The van der Waals surface area contributed by atoms with E-state index >= 15 is 0 Å². The Hall–Kier alpha value is -2.87. The van der Waals surface area contributed by atoms with Crippen molar-refractivity contribution in [2.45, 2.75) is 20.5 Å². The number of hydrogen-bond acceptors (Lipinski definition) is 7. The highest BCUT2D eigenvalue weighted by atomic mass is 32.1. The first-order valence-corrected chi connectivity index (χ1v) is 9.03. The molecule has 0 unspecified atom stereocenters. The monoisotopic (exact) mass is 374 g/mol. The van der Waals surface area contributed by atoms with E-state index in [0.29, 0.717) is 46.3 Å². The molecule has 26 heavy (non-hydrogen) atoms. The molecule has 0 radical (unpaired) electrons. The Labute approximate surface area is 153 Å². The Morgan fingerprint density at radius 1 is 1.15 bits per heavy atom. The van der Waals surface area contributed by atoms with Gasteiger partial charge in [0.25, 0.3) is 5.56 Å². The van der Waals surface area contributed by atoms with Gasteiger partial charge >= 0.3 is 5.97 Å². The van der Waals surface area contributed by atoms with Crippen LogP contribution in [0, 0.1) is 0 Å². The van der Waals surface area contributed by atoms with Crippen molar-refractivity contribution in [1.82, 2.24) is 9.97 Å². The molecule has 0 aliphatic rings. The third kappa shape index (κ3) is 3.85. The number of aromatic amines is 1. The summed E-state index contributed by atoms with van der Waals surface area (Å²) in [5.74, 6) is 0.808. The second-order valence-corrected chi connectivity index (χ2v) is 6.17. The number of nitrogens with zero attached hydrogens (tertiary/aromatic N) is 1. The first-order chi connectivity index (χ1) is 12.6. The summed E-state index contributed by atoms with van der Waals surface area (Å²) in [5, 5.41) is 1.79. The van der Waals surface area contributed by atoms with Gasteiger partial charge in [-0.3, -0.25) is 4.79 Å². The maximum Gasteiger partial charge on any atom is 0.338 e. The highest BCUT2D eigenvalue weighted by Crippen LogP contribution is 2.28. The number of benzene rings is 1. The standard InChI is InChI=1S/C18H18N2O5S/c1-3-23-13-6-5-11(9-14(13)24-4-2)18(22)25-10-15-19-12-7-8-26-16(12)17(21)20-15/h5-9H,3-4,10H2,1-2H3,(H,19,20,21). The van der Waals surface area contributed by atoms with Crippen LogP contribution in [-0.4, -0.2) is 29.2 Å². The van der Waals surface area contributed by atoms with Crippen molar-refractivity contribution in [3.63, 3.8) is 0 Å². The quantitative estimate of drug-likeness (QED) is 0.639. The van der Waals surface area contributed by atoms with E-state index in [4.69, 9.17) is 14.2 Å². The number of ether oxygens (including phenoxy) is 3. The summed E-state index contributed by atoms with van der Waals surface area (Å²) in [7, 11) is 0. The largest absolute Gasteiger partial charge is 0.490 e. The molecule has 8 heteroatoms. The number of carbonyl (C=O) groups is 1. The molecule has 1 aromatic carbocycles. The Bertz CT molecular complexity index is 979. The lowest BCUT2D eigenvalue weighted by atomic mass is 10.2. The van der Waals surface area contributed by atoms with Gasteiger partial charge in [0, 0.05) is 0 Å². The number of hydrogen-bond donors (Lipinski definition) is 1. The molecule has 2 aromatic heterocycles. The molecule has 136 valence electrons. The summed E-state index contributed by atoms with van der Waals surface area (Å²) in [6.45, 7) is 4.54. The molecule has 7 nitrogen and oxygen atoms in total. The smallest absolute Gasteiger partial charge is 0.338 e. The molecule has 0 bridgehead atoms. The van der Waals surface area contributed by atoms with Gasteiger partial charge < -0.3 is 19.2 Å². The van der Waals surface area contributed by atoms with Gasteiger partial charge in [0.05, 0.1) is 24.3 Å². The van der Waals surface area contributed by atoms with Crippen LogP contribution in [0.5, 0.6) is 11.5 Å². The molecule has 0 aliphatic carbocycles. The van der Waals surface area contributed by atoms with Crippen LogP contribution < -0.4 is 15.0 Å². The number of rotatable bonds is 7. The lowest BCUT2D eigenvalue weighted by Crippen LogP contribution is -2.13. The van der Waals surface area contributed by atoms with E-state index in [1.54, 1.807) is 29.6 Å². The van der Waals surface area contributed by atoms with E-state index in [2.05, 4.69) is 9.97 Å². The summed E-state index contributed by atoms with van der Waals surface area (Å²) < 4.78 is 16.8. The fourth-order valence-corrected chi connectivity index (χ4v) is 3.11. The van der Waals surface area contributed by atoms with Crippen molar-refractivity contribution in [2.24, 2.45) is 0 Å². The van der Waals surface area contributed by atoms with E-state index in [1.807, 2.05) is 13.8 Å². The maximum atomic E-state index is 12.3. The molecular weight excluding hydrogens is 356 g/mol. The first-order valence-electron chi connectivity index (χ1n) is 8.15. The van der Waals surface area contributed by atoms with Gasteiger partial charge in [-0.15, -0.1) is 11.3 Å². The predicted octanol–water partition coefficient (Wildman–Crippen LogP) is 3.14. The summed E-state index contributed by atoms with van der Waals surface area (Å²) >= 11 is 1.32. The summed E-state index contributed by atoms with van der Waals surface area (Å²) in [6, 6.07) is 6.60. The average molecular weight is 374 g/mol. The minimum absolute atomic E-state index is 0.128. The molecule has 0 saturated heterocycles. The van der Waals surface area contributed by atoms with Crippen molar-refractivity contribution >= 4 is 27.5 Å². The second kappa shape index (κ2) is 8.01. The number of H-pyrrole nitrogens is 1.